The number of aryl methyl sites for hydroxylation is 1. The molecule has 0 atom stereocenters. The van der Waals surface area contributed by atoms with E-state index in [0.717, 1.165) is 17.2 Å². The van der Waals surface area contributed by atoms with Crippen molar-refractivity contribution in [3.05, 3.63) is 45.5 Å². The predicted octanol–water partition coefficient (Wildman–Crippen LogP) is 3.08. The zero-order valence-electron chi connectivity index (χ0n) is 11.6. The molecule has 2 aromatic rings. The lowest BCUT2D eigenvalue weighted by Crippen LogP contribution is -2.19. The monoisotopic (exact) mass is 298 g/mol. The summed E-state index contributed by atoms with van der Waals surface area (Å²) in [5.41, 5.74) is 1.11. The van der Waals surface area contributed by atoms with Crippen molar-refractivity contribution in [2.24, 2.45) is 0 Å². The van der Waals surface area contributed by atoms with E-state index in [0.29, 0.717) is 11.3 Å². The van der Waals surface area contributed by atoms with Crippen molar-refractivity contribution in [1.29, 1.82) is 0 Å². The minimum absolute atomic E-state index is 0.0778. The van der Waals surface area contributed by atoms with Gasteiger partial charge >= 0.3 is 6.18 Å². The van der Waals surface area contributed by atoms with Crippen molar-refractivity contribution >= 4 is 0 Å². The highest BCUT2D eigenvalue weighted by atomic mass is 19.4. The number of nitrogens with one attached hydrogen (secondary N) is 1. The molecule has 7 heteroatoms. The van der Waals surface area contributed by atoms with Crippen LogP contribution in [-0.2, 0) is 6.18 Å². The number of aromatic amines is 1. The number of rotatable bonds is 2. The van der Waals surface area contributed by atoms with Crippen molar-refractivity contribution in [2.45, 2.75) is 20.0 Å². The first kappa shape index (κ1) is 15.1. The lowest BCUT2D eigenvalue weighted by atomic mass is 10.0. The maximum atomic E-state index is 12.7. The smallest absolute Gasteiger partial charge is 0.449 e. The molecule has 1 aromatic heterocycles. The van der Waals surface area contributed by atoms with Crippen molar-refractivity contribution in [1.82, 2.24) is 9.97 Å². The quantitative estimate of drug-likeness (QED) is 0.927. The van der Waals surface area contributed by atoms with Crippen LogP contribution in [0.5, 0.6) is 5.75 Å². The average Bonchev–Trinajstić information content (AvgIpc) is 2.40. The van der Waals surface area contributed by atoms with Gasteiger partial charge in [-0.25, -0.2) is 4.98 Å². The largest absolute Gasteiger partial charge is 0.496 e. The summed E-state index contributed by atoms with van der Waals surface area (Å²) < 4.78 is 43.4. The maximum absolute atomic E-state index is 12.7. The molecule has 4 nitrogen and oxygen atoms in total. The zero-order valence-corrected chi connectivity index (χ0v) is 11.6. The molecule has 2 rings (SSSR count). The molecule has 0 saturated carbocycles. The average molecular weight is 298 g/mol. The third kappa shape index (κ3) is 2.91. The summed E-state index contributed by atoms with van der Waals surface area (Å²) in [5, 5.41) is 0. The van der Waals surface area contributed by atoms with Gasteiger partial charge in [-0.05, 0) is 31.0 Å². The minimum Gasteiger partial charge on any atom is -0.496 e. The topological polar surface area (TPSA) is 55.0 Å². The first-order chi connectivity index (χ1) is 9.74. The predicted molar refractivity (Wildman–Crippen MR) is 71.3 cm³/mol. The van der Waals surface area contributed by atoms with Gasteiger partial charge in [-0.2, -0.15) is 13.2 Å². The summed E-state index contributed by atoms with van der Waals surface area (Å²) in [6, 6.07) is 4.34. The standard InChI is InChI=1S/C14H13F3N2O2/c1-7-4-5-9(12(21-3)8(7)2)10-6-11(20)19-13(18-10)14(15,16)17/h4-6H,1-3H3,(H,18,19,20). The van der Waals surface area contributed by atoms with E-state index in [9.17, 15) is 18.0 Å². The molecule has 0 unspecified atom stereocenters. The van der Waals surface area contributed by atoms with E-state index >= 15 is 0 Å². The van der Waals surface area contributed by atoms with E-state index in [1.165, 1.54) is 7.11 Å². The molecule has 0 spiro atoms. The highest BCUT2D eigenvalue weighted by molar-refractivity contribution is 5.70. The van der Waals surface area contributed by atoms with E-state index in [-0.39, 0.29) is 5.69 Å². The number of alkyl halides is 3. The van der Waals surface area contributed by atoms with E-state index in [2.05, 4.69) is 4.98 Å². The van der Waals surface area contributed by atoms with Crippen molar-refractivity contribution in [3.63, 3.8) is 0 Å². The minimum atomic E-state index is -4.72. The van der Waals surface area contributed by atoms with Gasteiger partial charge in [-0.15, -0.1) is 0 Å². The molecule has 1 aromatic carbocycles. The lowest BCUT2D eigenvalue weighted by Gasteiger charge is -2.14. The first-order valence-corrected chi connectivity index (χ1v) is 6.07. The fraction of sp³-hybridized carbons (Fsp3) is 0.286. The molecular weight excluding hydrogens is 285 g/mol. The number of hydrogen-bond acceptors (Lipinski definition) is 3. The molecule has 1 heterocycles. The van der Waals surface area contributed by atoms with Gasteiger partial charge < -0.3 is 9.72 Å². The fourth-order valence-corrected chi connectivity index (χ4v) is 1.98. The second-order valence-corrected chi connectivity index (χ2v) is 4.57. The number of benzene rings is 1. The molecule has 0 saturated heterocycles. The Bertz CT molecular complexity index is 736. The molecule has 0 aliphatic heterocycles. The summed E-state index contributed by atoms with van der Waals surface area (Å²) in [7, 11) is 1.42. The molecule has 0 amide bonds. The van der Waals surface area contributed by atoms with Crippen LogP contribution < -0.4 is 10.3 Å². The van der Waals surface area contributed by atoms with Gasteiger partial charge in [0.15, 0.2) is 0 Å². The van der Waals surface area contributed by atoms with Crippen LogP contribution in [0, 0.1) is 13.8 Å². The Morgan fingerprint density at radius 1 is 1.24 bits per heavy atom. The number of ether oxygens (including phenoxy) is 1. The van der Waals surface area contributed by atoms with Crippen LogP contribution in [-0.4, -0.2) is 17.1 Å². The van der Waals surface area contributed by atoms with E-state index in [1.807, 2.05) is 6.92 Å². The molecular formula is C14H13F3N2O2. The lowest BCUT2D eigenvalue weighted by molar-refractivity contribution is -0.145. The third-order valence-corrected chi connectivity index (χ3v) is 3.17. The van der Waals surface area contributed by atoms with E-state index < -0.39 is 17.6 Å². The van der Waals surface area contributed by atoms with Gasteiger partial charge in [-0.1, -0.05) is 6.07 Å². The van der Waals surface area contributed by atoms with Crippen LogP contribution in [0.1, 0.15) is 17.0 Å². The fourth-order valence-electron chi connectivity index (χ4n) is 1.98. The Balaban J connectivity index is 2.71. The normalized spacial score (nSPS) is 11.5. The Morgan fingerprint density at radius 3 is 2.48 bits per heavy atom. The Labute approximate surface area is 118 Å². The molecule has 0 bridgehead atoms. The molecule has 0 aliphatic rings. The molecule has 0 radical (unpaired) electrons. The van der Waals surface area contributed by atoms with Crippen LogP contribution in [0.4, 0.5) is 13.2 Å². The molecule has 0 fully saturated rings. The molecule has 1 N–H and O–H groups in total. The highest BCUT2D eigenvalue weighted by Crippen LogP contribution is 2.34. The summed E-state index contributed by atoms with van der Waals surface area (Å²) in [5.74, 6) is -0.925. The number of aromatic nitrogens is 2. The SMILES string of the molecule is COc1c(-c2cc(=O)[nH]c(C(F)(F)F)n2)ccc(C)c1C. The van der Waals surface area contributed by atoms with Crippen molar-refractivity contribution in [3.8, 4) is 17.0 Å². The van der Waals surface area contributed by atoms with Crippen molar-refractivity contribution in [2.75, 3.05) is 7.11 Å². The van der Waals surface area contributed by atoms with Gasteiger partial charge in [0.2, 0.25) is 5.82 Å². The highest BCUT2D eigenvalue weighted by Gasteiger charge is 2.34. The van der Waals surface area contributed by atoms with Gasteiger partial charge in [0.1, 0.15) is 5.75 Å². The van der Waals surface area contributed by atoms with Crippen LogP contribution in [0.2, 0.25) is 0 Å². The van der Waals surface area contributed by atoms with Gasteiger partial charge in [0, 0.05) is 11.6 Å². The van der Waals surface area contributed by atoms with E-state index in [1.54, 1.807) is 24.0 Å². The maximum Gasteiger partial charge on any atom is 0.449 e. The van der Waals surface area contributed by atoms with Crippen molar-refractivity contribution < 1.29 is 17.9 Å². The summed E-state index contributed by atoms with van der Waals surface area (Å²) in [6.45, 7) is 3.64. The second kappa shape index (κ2) is 5.23. The molecule has 21 heavy (non-hydrogen) atoms. The summed E-state index contributed by atoms with van der Waals surface area (Å²) >= 11 is 0. The summed E-state index contributed by atoms with van der Waals surface area (Å²) in [6.07, 6.45) is -4.72. The Hall–Kier alpha value is -2.31. The van der Waals surface area contributed by atoms with Crippen LogP contribution in [0.25, 0.3) is 11.3 Å². The van der Waals surface area contributed by atoms with Crippen LogP contribution in [0.15, 0.2) is 23.0 Å². The number of hydrogen-bond donors (Lipinski definition) is 1. The summed E-state index contributed by atoms with van der Waals surface area (Å²) in [4.78, 5) is 16.6. The first-order valence-electron chi connectivity index (χ1n) is 6.07. The molecule has 0 aliphatic carbocycles. The number of methoxy groups -OCH3 is 1. The third-order valence-electron chi connectivity index (χ3n) is 3.17. The Morgan fingerprint density at radius 2 is 1.90 bits per heavy atom. The number of H-pyrrole nitrogens is 1. The van der Waals surface area contributed by atoms with E-state index in [4.69, 9.17) is 4.74 Å². The molecule has 112 valence electrons. The zero-order chi connectivity index (χ0) is 15.8. The second-order valence-electron chi connectivity index (χ2n) is 4.57. The van der Waals surface area contributed by atoms with Gasteiger partial charge in [0.25, 0.3) is 5.56 Å². The van der Waals surface area contributed by atoms with Crippen LogP contribution >= 0.6 is 0 Å². The van der Waals surface area contributed by atoms with Crippen LogP contribution in [0.3, 0.4) is 0 Å². The number of halogens is 3. The van der Waals surface area contributed by atoms with Gasteiger partial charge in [-0.3, -0.25) is 4.79 Å². The Kier molecular flexibility index (Phi) is 3.76. The van der Waals surface area contributed by atoms with Gasteiger partial charge in [0.05, 0.1) is 12.8 Å². The number of nitrogens with zero attached hydrogens (tertiary/aromatic N) is 1.